The van der Waals surface area contributed by atoms with Crippen molar-refractivity contribution in [1.82, 2.24) is 9.80 Å². The van der Waals surface area contributed by atoms with Crippen LogP contribution in [0.2, 0.25) is 0 Å². The van der Waals surface area contributed by atoms with Gasteiger partial charge in [-0.1, -0.05) is 29.8 Å². The number of nitrogens with zero attached hydrogens (tertiary/aromatic N) is 2. The number of aryl methyl sites for hydroxylation is 1. The molecule has 1 aromatic carbocycles. The van der Waals surface area contributed by atoms with Crippen molar-refractivity contribution in [2.45, 2.75) is 13.3 Å². The summed E-state index contributed by atoms with van der Waals surface area (Å²) in [6.07, 6.45) is 0.398. The smallest absolute Gasteiger partial charge is 0.248 e. The van der Waals surface area contributed by atoms with Gasteiger partial charge in [-0.3, -0.25) is 9.59 Å². The number of benzene rings is 1. The number of rotatable bonds is 3. The van der Waals surface area contributed by atoms with Crippen LogP contribution in [-0.4, -0.2) is 59.5 Å². The Kier molecular flexibility index (Phi) is 4.74. The highest BCUT2D eigenvalue weighted by atomic mass is 16.3. The second-order valence-corrected chi connectivity index (χ2v) is 5.09. The normalized spacial score (nSPS) is 15.3. The number of piperazine rings is 1. The first-order valence-electron chi connectivity index (χ1n) is 6.82. The average Bonchev–Trinajstić information content (AvgIpc) is 2.46. The minimum atomic E-state index is -0.461. The maximum absolute atomic E-state index is 12.2. The van der Waals surface area contributed by atoms with Crippen LogP contribution in [0.25, 0.3) is 0 Å². The van der Waals surface area contributed by atoms with Gasteiger partial charge in [0, 0.05) is 26.2 Å². The van der Waals surface area contributed by atoms with Gasteiger partial charge in [-0.25, -0.2) is 0 Å². The van der Waals surface area contributed by atoms with Crippen molar-refractivity contribution in [1.29, 1.82) is 0 Å². The first-order chi connectivity index (χ1) is 9.60. The molecule has 0 bridgehead atoms. The van der Waals surface area contributed by atoms with Gasteiger partial charge in [0.1, 0.15) is 6.61 Å². The Morgan fingerprint density at radius 1 is 1.10 bits per heavy atom. The molecular weight excluding hydrogens is 256 g/mol. The molecule has 108 valence electrons. The highest BCUT2D eigenvalue weighted by Crippen LogP contribution is 2.09. The van der Waals surface area contributed by atoms with Crippen molar-refractivity contribution in [3.8, 4) is 0 Å². The van der Waals surface area contributed by atoms with Crippen LogP contribution in [0.5, 0.6) is 0 Å². The Bertz CT molecular complexity index is 494. The summed E-state index contributed by atoms with van der Waals surface area (Å²) in [5.41, 5.74) is 2.16. The maximum Gasteiger partial charge on any atom is 0.248 e. The molecule has 1 N–H and O–H groups in total. The van der Waals surface area contributed by atoms with Crippen LogP contribution in [0, 0.1) is 6.92 Å². The third kappa shape index (κ3) is 3.57. The summed E-state index contributed by atoms with van der Waals surface area (Å²) in [7, 11) is 0. The summed E-state index contributed by atoms with van der Waals surface area (Å²) >= 11 is 0. The molecule has 1 heterocycles. The zero-order valence-electron chi connectivity index (χ0n) is 11.7. The lowest BCUT2D eigenvalue weighted by Crippen LogP contribution is -2.51. The Morgan fingerprint density at radius 2 is 1.70 bits per heavy atom. The van der Waals surface area contributed by atoms with Gasteiger partial charge in [-0.2, -0.15) is 0 Å². The fraction of sp³-hybridized carbons (Fsp3) is 0.467. The average molecular weight is 276 g/mol. The zero-order valence-corrected chi connectivity index (χ0v) is 11.7. The van der Waals surface area contributed by atoms with Crippen molar-refractivity contribution >= 4 is 11.8 Å². The van der Waals surface area contributed by atoms with Gasteiger partial charge >= 0.3 is 0 Å². The van der Waals surface area contributed by atoms with Crippen molar-refractivity contribution in [2.24, 2.45) is 0 Å². The van der Waals surface area contributed by atoms with E-state index in [2.05, 4.69) is 0 Å². The summed E-state index contributed by atoms with van der Waals surface area (Å²) < 4.78 is 0. The van der Waals surface area contributed by atoms with E-state index < -0.39 is 6.61 Å². The van der Waals surface area contributed by atoms with E-state index in [0.717, 1.165) is 11.1 Å². The van der Waals surface area contributed by atoms with Crippen LogP contribution in [0.1, 0.15) is 11.1 Å². The quantitative estimate of drug-likeness (QED) is 0.858. The van der Waals surface area contributed by atoms with Gasteiger partial charge in [-0.05, 0) is 12.5 Å². The fourth-order valence-electron chi connectivity index (χ4n) is 2.41. The molecule has 5 nitrogen and oxygen atoms in total. The molecule has 0 aromatic heterocycles. The van der Waals surface area contributed by atoms with Crippen LogP contribution < -0.4 is 0 Å². The molecule has 0 spiro atoms. The molecule has 0 aliphatic carbocycles. The number of aliphatic hydroxyl groups is 1. The summed E-state index contributed by atoms with van der Waals surface area (Å²) in [5, 5.41) is 8.81. The van der Waals surface area contributed by atoms with E-state index in [9.17, 15) is 9.59 Å². The van der Waals surface area contributed by atoms with Crippen molar-refractivity contribution in [2.75, 3.05) is 32.8 Å². The van der Waals surface area contributed by atoms with Crippen LogP contribution in [-0.2, 0) is 16.0 Å². The summed E-state index contributed by atoms with van der Waals surface area (Å²) in [4.78, 5) is 26.9. The van der Waals surface area contributed by atoms with E-state index in [0.29, 0.717) is 32.6 Å². The Balaban J connectivity index is 1.87. The van der Waals surface area contributed by atoms with Gasteiger partial charge in [0.05, 0.1) is 6.42 Å². The van der Waals surface area contributed by atoms with Crippen LogP contribution in [0.3, 0.4) is 0 Å². The summed E-state index contributed by atoms with van der Waals surface area (Å²) in [6, 6.07) is 7.93. The van der Waals surface area contributed by atoms with Crippen molar-refractivity contribution in [3.63, 3.8) is 0 Å². The minimum absolute atomic E-state index is 0.0895. The molecule has 2 rings (SSSR count). The predicted molar refractivity (Wildman–Crippen MR) is 75.1 cm³/mol. The van der Waals surface area contributed by atoms with E-state index in [-0.39, 0.29) is 11.8 Å². The summed E-state index contributed by atoms with van der Waals surface area (Å²) in [6.45, 7) is 3.62. The lowest BCUT2D eigenvalue weighted by molar-refractivity contribution is -0.140. The van der Waals surface area contributed by atoms with Gasteiger partial charge in [0.2, 0.25) is 11.8 Å². The number of hydrogen-bond donors (Lipinski definition) is 1. The zero-order chi connectivity index (χ0) is 14.5. The van der Waals surface area contributed by atoms with Crippen molar-refractivity contribution in [3.05, 3.63) is 35.4 Å². The van der Waals surface area contributed by atoms with Crippen LogP contribution in [0.4, 0.5) is 0 Å². The first-order valence-corrected chi connectivity index (χ1v) is 6.82. The van der Waals surface area contributed by atoms with E-state index in [1.807, 2.05) is 31.2 Å². The molecule has 1 aromatic rings. The molecule has 0 saturated carbocycles. The SMILES string of the molecule is Cc1cccc(CC(=O)N2CCN(C(=O)CO)CC2)c1. The highest BCUT2D eigenvalue weighted by molar-refractivity contribution is 5.80. The van der Waals surface area contributed by atoms with Gasteiger partial charge in [0.25, 0.3) is 0 Å². The topological polar surface area (TPSA) is 60.9 Å². The number of carbonyl (C=O) groups is 2. The van der Waals surface area contributed by atoms with Gasteiger partial charge in [-0.15, -0.1) is 0 Å². The minimum Gasteiger partial charge on any atom is -0.387 e. The second-order valence-electron chi connectivity index (χ2n) is 5.09. The van der Waals surface area contributed by atoms with E-state index >= 15 is 0 Å². The molecule has 0 unspecified atom stereocenters. The molecular formula is C15H20N2O3. The highest BCUT2D eigenvalue weighted by Gasteiger charge is 2.23. The Hall–Kier alpha value is -1.88. The molecule has 5 heteroatoms. The van der Waals surface area contributed by atoms with Crippen LogP contribution in [0.15, 0.2) is 24.3 Å². The molecule has 1 aliphatic rings. The number of hydrogen-bond acceptors (Lipinski definition) is 3. The number of carbonyl (C=O) groups excluding carboxylic acids is 2. The van der Waals surface area contributed by atoms with E-state index in [1.54, 1.807) is 9.80 Å². The van der Waals surface area contributed by atoms with Gasteiger partial charge < -0.3 is 14.9 Å². The van der Waals surface area contributed by atoms with E-state index in [4.69, 9.17) is 5.11 Å². The summed E-state index contributed by atoms with van der Waals surface area (Å²) in [5.74, 6) is -0.178. The molecule has 2 amide bonds. The maximum atomic E-state index is 12.2. The van der Waals surface area contributed by atoms with Gasteiger partial charge in [0.15, 0.2) is 0 Å². The third-order valence-electron chi connectivity index (χ3n) is 3.56. The Morgan fingerprint density at radius 3 is 2.25 bits per heavy atom. The lowest BCUT2D eigenvalue weighted by Gasteiger charge is -2.34. The molecule has 0 radical (unpaired) electrons. The Labute approximate surface area is 118 Å². The molecule has 1 aliphatic heterocycles. The second kappa shape index (κ2) is 6.52. The standard InChI is InChI=1S/C15H20N2O3/c1-12-3-2-4-13(9-12)10-14(19)16-5-7-17(8-6-16)15(20)11-18/h2-4,9,18H,5-8,10-11H2,1H3. The fourth-order valence-corrected chi connectivity index (χ4v) is 2.41. The largest absolute Gasteiger partial charge is 0.387 e. The number of amides is 2. The monoisotopic (exact) mass is 276 g/mol. The van der Waals surface area contributed by atoms with Crippen LogP contribution >= 0.6 is 0 Å². The van der Waals surface area contributed by atoms with E-state index in [1.165, 1.54) is 0 Å². The predicted octanol–water partition coefficient (Wildman–Crippen LogP) is 0.201. The lowest BCUT2D eigenvalue weighted by atomic mass is 10.1. The first kappa shape index (κ1) is 14.5. The molecule has 1 fully saturated rings. The molecule has 1 saturated heterocycles. The number of aliphatic hydroxyl groups excluding tert-OH is 1. The molecule has 0 atom stereocenters. The van der Waals surface area contributed by atoms with Crippen molar-refractivity contribution < 1.29 is 14.7 Å². The molecule has 20 heavy (non-hydrogen) atoms. The third-order valence-corrected chi connectivity index (χ3v) is 3.56.